The predicted octanol–water partition coefficient (Wildman–Crippen LogP) is 3.92. The molecule has 4 nitrogen and oxygen atoms in total. The number of nitrogens with one attached hydrogen (secondary N) is 1. The predicted molar refractivity (Wildman–Crippen MR) is 85.5 cm³/mol. The average Bonchev–Trinajstić information content (AvgIpc) is 2.87. The van der Waals surface area contributed by atoms with Gasteiger partial charge in [0, 0.05) is 0 Å². The Morgan fingerprint density at radius 1 is 1.40 bits per heavy atom. The summed E-state index contributed by atoms with van der Waals surface area (Å²) in [6.07, 6.45) is 1.83. The molecule has 20 heavy (non-hydrogen) atoms. The van der Waals surface area contributed by atoms with Crippen LogP contribution in [0.5, 0.6) is 0 Å². The van der Waals surface area contributed by atoms with Gasteiger partial charge in [-0.15, -0.1) is 5.10 Å². The van der Waals surface area contributed by atoms with E-state index in [4.69, 9.17) is 11.6 Å². The molecule has 1 N–H and O–H groups in total. The molecule has 0 fully saturated rings. The summed E-state index contributed by atoms with van der Waals surface area (Å²) in [6.45, 7) is 4.24. The van der Waals surface area contributed by atoms with E-state index in [1.54, 1.807) is 0 Å². The number of hydrogen-bond donors (Lipinski definition) is 1. The van der Waals surface area contributed by atoms with Crippen LogP contribution in [0, 0.1) is 0 Å². The van der Waals surface area contributed by atoms with Crippen LogP contribution in [0.4, 0.5) is 0 Å². The van der Waals surface area contributed by atoms with Gasteiger partial charge in [0.1, 0.15) is 5.69 Å². The van der Waals surface area contributed by atoms with Crippen LogP contribution in [-0.2, 0) is 6.42 Å². The molecule has 1 atom stereocenters. The van der Waals surface area contributed by atoms with Crippen LogP contribution in [0.3, 0.4) is 0 Å². The van der Waals surface area contributed by atoms with E-state index in [0.29, 0.717) is 5.02 Å². The molecule has 2 rings (SSSR count). The van der Waals surface area contributed by atoms with Gasteiger partial charge < -0.3 is 5.32 Å². The molecule has 2 aromatic rings. The van der Waals surface area contributed by atoms with Gasteiger partial charge in [0.25, 0.3) is 0 Å². The van der Waals surface area contributed by atoms with Gasteiger partial charge in [-0.2, -0.15) is 0 Å². The maximum atomic E-state index is 6.16. The molecule has 0 aliphatic carbocycles. The van der Waals surface area contributed by atoms with E-state index in [1.165, 1.54) is 0 Å². The topological polar surface area (TPSA) is 42.7 Å². The minimum atomic E-state index is 0.219. The lowest BCUT2D eigenvalue weighted by atomic mass is 10.1. The van der Waals surface area contributed by atoms with E-state index in [0.717, 1.165) is 34.4 Å². The lowest BCUT2D eigenvalue weighted by Gasteiger charge is -2.14. The maximum absolute atomic E-state index is 6.16. The van der Waals surface area contributed by atoms with Crippen LogP contribution < -0.4 is 5.32 Å². The van der Waals surface area contributed by atoms with Crippen LogP contribution in [-0.4, -0.2) is 22.0 Å². The van der Waals surface area contributed by atoms with Gasteiger partial charge in [0.05, 0.1) is 26.9 Å². The number of aromatic nitrogens is 3. The number of halogens is 2. The summed E-state index contributed by atoms with van der Waals surface area (Å²) in [4.78, 5) is 0. The SMILES string of the molecule is CCc1c(C(CC)NC)nnn1-c1cccc(Cl)c1Br. The van der Waals surface area contributed by atoms with E-state index < -0.39 is 0 Å². The monoisotopic (exact) mass is 356 g/mol. The van der Waals surface area contributed by atoms with Crippen LogP contribution in [0.25, 0.3) is 5.69 Å². The molecule has 0 aliphatic heterocycles. The second kappa shape index (κ2) is 6.70. The molecule has 1 unspecified atom stereocenters. The Labute approximate surface area is 132 Å². The molecule has 1 heterocycles. The van der Waals surface area contributed by atoms with Crippen LogP contribution >= 0.6 is 27.5 Å². The number of nitrogens with zero attached hydrogens (tertiary/aromatic N) is 3. The van der Waals surface area contributed by atoms with Gasteiger partial charge in [-0.3, -0.25) is 0 Å². The first-order valence-electron chi connectivity index (χ1n) is 6.70. The summed E-state index contributed by atoms with van der Waals surface area (Å²) >= 11 is 9.69. The quantitative estimate of drug-likeness (QED) is 0.882. The first-order valence-corrected chi connectivity index (χ1v) is 7.87. The Balaban J connectivity index is 2.56. The van der Waals surface area contributed by atoms with Crippen molar-refractivity contribution < 1.29 is 0 Å². The molecule has 1 aromatic carbocycles. The summed E-state index contributed by atoms with van der Waals surface area (Å²) in [5, 5.41) is 12.6. The Hall–Kier alpha value is -0.910. The minimum absolute atomic E-state index is 0.219. The smallest absolute Gasteiger partial charge is 0.103 e. The molecule has 6 heteroatoms. The highest BCUT2D eigenvalue weighted by Crippen LogP contribution is 2.30. The largest absolute Gasteiger partial charge is 0.312 e. The molecule has 0 radical (unpaired) electrons. The van der Waals surface area contributed by atoms with Gasteiger partial charge in [0.15, 0.2) is 0 Å². The van der Waals surface area contributed by atoms with Crippen molar-refractivity contribution >= 4 is 27.5 Å². The molecular weight excluding hydrogens is 340 g/mol. The second-order valence-corrected chi connectivity index (χ2v) is 5.71. The van der Waals surface area contributed by atoms with E-state index in [2.05, 4.69) is 45.4 Å². The third-order valence-corrected chi connectivity index (χ3v) is 4.75. The third kappa shape index (κ3) is 2.75. The lowest BCUT2D eigenvalue weighted by molar-refractivity contribution is 0.555. The van der Waals surface area contributed by atoms with E-state index in [9.17, 15) is 0 Å². The van der Waals surface area contributed by atoms with E-state index in [1.807, 2.05) is 29.9 Å². The van der Waals surface area contributed by atoms with Crippen LogP contribution in [0.1, 0.15) is 37.7 Å². The highest BCUT2D eigenvalue weighted by molar-refractivity contribution is 9.10. The number of benzene rings is 1. The minimum Gasteiger partial charge on any atom is -0.312 e. The van der Waals surface area contributed by atoms with Gasteiger partial charge in [0.2, 0.25) is 0 Å². The number of rotatable bonds is 5. The summed E-state index contributed by atoms with van der Waals surface area (Å²) < 4.78 is 2.70. The number of hydrogen-bond acceptors (Lipinski definition) is 3. The van der Waals surface area contributed by atoms with Gasteiger partial charge in [-0.1, -0.05) is 36.7 Å². The van der Waals surface area contributed by atoms with Crippen molar-refractivity contribution in [3.63, 3.8) is 0 Å². The van der Waals surface area contributed by atoms with Crippen molar-refractivity contribution in [3.05, 3.63) is 39.1 Å². The highest BCUT2D eigenvalue weighted by atomic mass is 79.9. The molecule has 0 aliphatic rings. The molecular formula is C14H18BrClN4. The summed E-state index contributed by atoms with van der Waals surface area (Å²) in [5.74, 6) is 0. The summed E-state index contributed by atoms with van der Waals surface area (Å²) in [6, 6.07) is 5.96. The zero-order valence-electron chi connectivity index (χ0n) is 11.8. The van der Waals surface area contributed by atoms with Gasteiger partial charge >= 0.3 is 0 Å². The Kier molecular flexibility index (Phi) is 5.18. The van der Waals surface area contributed by atoms with Crippen LogP contribution in [0.15, 0.2) is 22.7 Å². The van der Waals surface area contributed by atoms with Crippen molar-refractivity contribution in [1.82, 2.24) is 20.3 Å². The Morgan fingerprint density at radius 2 is 2.15 bits per heavy atom. The van der Waals surface area contributed by atoms with Crippen molar-refractivity contribution in [2.75, 3.05) is 7.05 Å². The average molecular weight is 358 g/mol. The van der Waals surface area contributed by atoms with Crippen molar-refractivity contribution in [2.24, 2.45) is 0 Å². The van der Waals surface area contributed by atoms with E-state index in [-0.39, 0.29) is 6.04 Å². The zero-order chi connectivity index (χ0) is 14.7. The van der Waals surface area contributed by atoms with Crippen molar-refractivity contribution in [1.29, 1.82) is 0 Å². The normalized spacial score (nSPS) is 12.7. The first-order chi connectivity index (χ1) is 9.63. The molecule has 0 spiro atoms. The molecule has 0 saturated carbocycles. The highest BCUT2D eigenvalue weighted by Gasteiger charge is 2.20. The maximum Gasteiger partial charge on any atom is 0.103 e. The molecule has 0 amide bonds. The molecule has 0 bridgehead atoms. The molecule has 1 aromatic heterocycles. The van der Waals surface area contributed by atoms with E-state index >= 15 is 0 Å². The van der Waals surface area contributed by atoms with Crippen LogP contribution in [0.2, 0.25) is 5.02 Å². The van der Waals surface area contributed by atoms with Gasteiger partial charge in [-0.05, 0) is 48.0 Å². The fourth-order valence-corrected chi connectivity index (χ4v) is 2.90. The Bertz CT molecular complexity index is 593. The second-order valence-electron chi connectivity index (χ2n) is 4.51. The Morgan fingerprint density at radius 3 is 2.75 bits per heavy atom. The fourth-order valence-electron chi connectivity index (χ4n) is 2.30. The fraction of sp³-hybridized carbons (Fsp3) is 0.429. The van der Waals surface area contributed by atoms with Gasteiger partial charge in [-0.25, -0.2) is 4.68 Å². The summed E-state index contributed by atoms with van der Waals surface area (Å²) in [7, 11) is 1.95. The third-order valence-electron chi connectivity index (χ3n) is 3.37. The van der Waals surface area contributed by atoms with Crippen molar-refractivity contribution in [2.45, 2.75) is 32.7 Å². The summed E-state index contributed by atoms with van der Waals surface area (Å²) in [5.41, 5.74) is 3.03. The molecule has 0 saturated heterocycles. The lowest BCUT2D eigenvalue weighted by Crippen LogP contribution is -2.17. The first kappa shape index (κ1) is 15.5. The standard InChI is InChI=1S/C14H18BrClN4/c1-4-10(17-3)14-11(5-2)20(19-18-14)12-8-6-7-9(16)13(12)15/h6-8,10,17H,4-5H2,1-3H3. The van der Waals surface area contributed by atoms with Crippen molar-refractivity contribution in [3.8, 4) is 5.69 Å². The zero-order valence-corrected chi connectivity index (χ0v) is 14.2. The molecule has 108 valence electrons.